The standard InChI is InChI=1S/C10H14ClN3O/c1-10(2)6(5-7(10)15)14-9-8(11)12-3-4-13-9/h3-4,6-7,15H,5H2,1-2H3,(H,13,14). The molecule has 2 atom stereocenters. The van der Waals surface area contributed by atoms with Gasteiger partial charge in [-0.25, -0.2) is 9.97 Å². The predicted octanol–water partition coefficient (Wildman–Crippen LogP) is 1.70. The van der Waals surface area contributed by atoms with Gasteiger partial charge in [-0.2, -0.15) is 0 Å². The molecular formula is C10H14ClN3O. The van der Waals surface area contributed by atoms with Crippen molar-refractivity contribution in [2.75, 3.05) is 5.32 Å². The van der Waals surface area contributed by atoms with Crippen LogP contribution in [-0.4, -0.2) is 27.2 Å². The van der Waals surface area contributed by atoms with Gasteiger partial charge in [0.25, 0.3) is 0 Å². The largest absolute Gasteiger partial charge is 0.392 e. The molecule has 1 fully saturated rings. The molecule has 0 amide bonds. The number of aliphatic hydroxyl groups is 1. The minimum absolute atomic E-state index is 0.138. The summed E-state index contributed by atoms with van der Waals surface area (Å²) in [5.74, 6) is 0.587. The van der Waals surface area contributed by atoms with Crippen LogP contribution < -0.4 is 5.32 Å². The van der Waals surface area contributed by atoms with Gasteiger partial charge in [0, 0.05) is 23.9 Å². The molecule has 1 aliphatic rings. The number of aromatic nitrogens is 2. The van der Waals surface area contributed by atoms with Crippen molar-refractivity contribution in [1.82, 2.24) is 9.97 Å². The van der Waals surface area contributed by atoms with E-state index in [2.05, 4.69) is 15.3 Å². The fourth-order valence-electron chi connectivity index (χ4n) is 1.73. The Morgan fingerprint density at radius 1 is 1.47 bits per heavy atom. The number of hydrogen-bond acceptors (Lipinski definition) is 4. The van der Waals surface area contributed by atoms with Crippen molar-refractivity contribution in [3.05, 3.63) is 17.5 Å². The van der Waals surface area contributed by atoms with Crippen molar-refractivity contribution in [1.29, 1.82) is 0 Å². The summed E-state index contributed by atoms with van der Waals surface area (Å²) < 4.78 is 0. The van der Waals surface area contributed by atoms with Gasteiger partial charge in [-0.3, -0.25) is 0 Å². The molecule has 5 heteroatoms. The number of aliphatic hydroxyl groups excluding tert-OH is 1. The summed E-state index contributed by atoms with van der Waals surface area (Å²) in [6.45, 7) is 4.03. The molecule has 1 saturated carbocycles. The Morgan fingerprint density at radius 2 is 2.13 bits per heavy atom. The lowest BCUT2D eigenvalue weighted by atomic mass is 9.64. The first-order chi connectivity index (χ1) is 7.01. The summed E-state index contributed by atoms with van der Waals surface area (Å²) in [6.07, 6.45) is 3.61. The van der Waals surface area contributed by atoms with Crippen molar-refractivity contribution >= 4 is 17.4 Å². The van der Waals surface area contributed by atoms with E-state index in [1.54, 1.807) is 12.4 Å². The van der Waals surface area contributed by atoms with Crippen molar-refractivity contribution in [2.45, 2.75) is 32.4 Å². The maximum atomic E-state index is 9.58. The van der Waals surface area contributed by atoms with Crippen molar-refractivity contribution in [3.63, 3.8) is 0 Å². The summed E-state index contributed by atoms with van der Waals surface area (Å²) in [5.41, 5.74) is -0.138. The molecule has 15 heavy (non-hydrogen) atoms. The van der Waals surface area contributed by atoms with Crippen LogP contribution in [0.2, 0.25) is 5.15 Å². The molecule has 0 spiro atoms. The van der Waals surface area contributed by atoms with Gasteiger partial charge < -0.3 is 10.4 Å². The number of halogens is 1. The molecule has 82 valence electrons. The third-order valence-corrected chi connectivity index (χ3v) is 3.46. The van der Waals surface area contributed by atoms with Gasteiger partial charge in [-0.15, -0.1) is 0 Å². The number of hydrogen-bond donors (Lipinski definition) is 2. The maximum Gasteiger partial charge on any atom is 0.171 e. The zero-order valence-corrected chi connectivity index (χ0v) is 9.49. The van der Waals surface area contributed by atoms with Crippen LogP contribution in [0.1, 0.15) is 20.3 Å². The number of nitrogens with zero attached hydrogens (tertiary/aromatic N) is 2. The predicted molar refractivity (Wildman–Crippen MR) is 58.9 cm³/mol. The first-order valence-electron chi connectivity index (χ1n) is 4.93. The van der Waals surface area contributed by atoms with Crippen molar-refractivity contribution < 1.29 is 5.11 Å². The van der Waals surface area contributed by atoms with E-state index in [9.17, 15) is 5.11 Å². The number of nitrogens with one attached hydrogen (secondary N) is 1. The monoisotopic (exact) mass is 227 g/mol. The van der Waals surface area contributed by atoms with Crippen LogP contribution in [0, 0.1) is 5.41 Å². The molecule has 0 aromatic carbocycles. The Balaban J connectivity index is 2.08. The second-order valence-corrected chi connectivity index (χ2v) is 4.82. The SMILES string of the molecule is CC1(C)C(O)CC1Nc1nccnc1Cl. The molecule has 0 saturated heterocycles. The minimum Gasteiger partial charge on any atom is -0.392 e. The molecule has 2 unspecified atom stereocenters. The van der Waals surface area contributed by atoms with E-state index >= 15 is 0 Å². The Morgan fingerprint density at radius 3 is 2.67 bits per heavy atom. The Hall–Kier alpha value is -0.870. The summed E-state index contributed by atoms with van der Waals surface area (Å²) in [6, 6.07) is 0.196. The fraction of sp³-hybridized carbons (Fsp3) is 0.600. The van der Waals surface area contributed by atoms with Crippen LogP contribution in [0.15, 0.2) is 12.4 Å². The van der Waals surface area contributed by atoms with Gasteiger partial charge in [-0.1, -0.05) is 25.4 Å². The lowest BCUT2D eigenvalue weighted by molar-refractivity contribution is -0.0511. The average molecular weight is 228 g/mol. The molecule has 0 aliphatic heterocycles. The molecule has 4 nitrogen and oxygen atoms in total. The van der Waals surface area contributed by atoms with Crippen molar-refractivity contribution in [3.8, 4) is 0 Å². The number of rotatable bonds is 2. The average Bonchev–Trinajstić information content (AvgIpc) is 2.20. The molecule has 1 heterocycles. The van der Waals surface area contributed by atoms with Crippen LogP contribution >= 0.6 is 11.6 Å². The van der Waals surface area contributed by atoms with Gasteiger partial charge in [0.15, 0.2) is 11.0 Å². The van der Waals surface area contributed by atoms with Crippen LogP contribution in [0.4, 0.5) is 5.82 Å². The highest BCUT2D eigenvalue weighted by molar-refractivity contribution is 6.31. The van der Waals surface area contributed by atoms with Gasteiger partial charge >= 0.3 is 0 Å². The van der Waals surface area contributed by atoms with E-state index in [1.165, 1.54) is 0 Å². The van der Waals surface area contributed by atoms with E-state index < -0.39 is 0 Å². The van der Waals surface area contributed by atoms with Gasteiger partial charge in [0.2, 0.25) is 0 Å². The fourth-order valence-corrected chi connectivity index (χ4v) is 1.89. The van der Waals surface area contributed by atoms with Gasteiger partial charge in [0.1, 0.15) is 0 Å². The zero-order chi connectivity index (χ0) is 11.1. The summed E-state index contributed by atoms with van der Waals surface area (Å²) in [5, 5.41) is 13.2. The van der Waals surface area contributed by atoms with Crippen LogP contribution in [0.3, 0.4) is 0 Å². The number of anilines is 1. The second kappa shape index (κ2) is 3.61. The normalized spacial score (nSPS) is 28.3. The van der Waals surface area contributed by atoms with Crippen LogP contribution in [0.5, 0.6) is 0 Å². The molecule has 2 N–H and O–H groups in total. The van der Waals surface area contributed by atoms with E-state index in [0.29, 0.717) is 11.0 Å². The highest BCUT2D eigenvalue weighted by atomic mass is 35.5. The van der Waals surface area contributed by atoms with E-state index in [4.69, 9.17) is 11.6 Å². The molecular weight excluding hydrogens is 214 g/mol. The summed E-state index contributed by atoms with van der Waals surface area (Å²) >= 11 is 5.88. The smallest absolute Gasteiger partial charge is 0.171 e. The lowest BCUT2D eigenvalue weighted by Gasteiger charge is -2.49. The third kappa shape index (κ3) is 1.79. The third-order valence-electron chi connectivity index (χ3n) is 3.18. The topological polar surface area (TPSA) is 58.0 Å². The Bertz CT molecular complexity index is 369. The van der Waals surface area contributed by atoms with Crippen LogP contribution in [0.25, 0.3) is 0 Å². The molecule has 1 aromatic rings. The molecule has 2 rings (SSSR count). The molecule has 1 aromatic heterocycles. The Labute approximate surface area is 93.7 Å². The second-order valence-electron chi connectivity index (χ2n) is 4.47. The van der Waals surface area contributed by atoms with Gasteiger partial charge in [0.05, 0.1) is 6.10 Å². The molecule has 0 radical (unpaired) electrons. The summed E-state index contributed by atoms with van der Waals surface area (Å²) in [4.78, 5) is 8.04. The van der Waals surface area contributed by atoms with E-state index in [1.807, 2.05) is 13.8 Å². The highest BCUT2D eigenvalue weighted by Gasteiger charge is 2.47. The first-order valence-corrected chi connectivity index (χ1v) is 5.30. The quantitative estimate of drug-likeness (QED) is 0.808. The molecule has 1 aliphatic carbocycles. The van der Waals surface area contributed by atoms with Gasteiger partial charge in [-0.05, 0) is 6.42 Å². The van der Waals surface area contributed by atoms with E-state index in [0.717, 1.165) is 6.42 Å². The maximum absolute atomic E-state index is 9.58. The summed E-state index contributed by atoms with van der Waals surface area (Å²) in [7, 11) is 0. The van der Waals surface area contributed by atoms with E-state index in [-0.39, 0.29) is 17.6 Å². The first kappa shape index (κ1) is 10.6. The lowest BCUT2D eigenvalue weighted by Crippen LogP contribution is -2.57. The highest BCUT2D eigenvalue weighted by Crippen LogP contribution is 2.42. The zero-order valence-electron chi connectivity index (χ0n) is 8.74. The molecule has 0 bridgehead atoms. The minimum atomic E-state index is -0.259. The Kier molecular flexibility index (Phi) is 2.56. The van der Waals surface area contributed by atoms with Crippen molar-refractivity contribution in [2.24, 2.45) is 5.41 Å². The van der Waals surface area contributed by atoms with Crippen LogP contribution in [-0.2, 0) is 0 Å².